The first-order valence-electron chi connectivity index (χ1n) is 5.70. The number of hydrogen-bond donors (Lipinski definition) is 0. The summed E-state index contributed by atoms with van der Waals surface area (Å²) in [6.45, 7) is -0.601. The monoisotopic (exact) mass is 404 g/mol. The van der Waals surface area contributed by atoms with E-state index in [1.165, 1.54) is 12.3 Å². The Morgan fingerprint density at radius 2 is 2.05 bits per heavy atom. The fraction of sp³-hybridized carbons (Fsp3) is 0.364. The van der Waals surface area contributed by atoms with Gasteiger partial charge in [-0.15, -0.1) is 0 Å². The Kier molecular flexibility index (Phi) is 4.67. The van der Waals surface area contributed by atoms with Crippen LogP contribution < -0.4 is 0 Å². The number of rotatable bonds is 2. The molecule has 0 aromatic carbocycles. The van der Waals surface area contributed by atoms with E-state index in [1.807, 2.05) is 0 Å². The molecule has 0 atom stereocenters. The SMILES string of the molecule is O=S(=O)(c1cc(Br)cnc1Cl)N1CC=C(C(F)(F)F)CC1. The summed E-state index contributed by atoms with van der Waals surface area (Å²) in [5, 5.41) is -0.219. The smallest absolute Gasteiger partial charge is 0.242 e. The van der Waals surface area contributed by atoms with Crippen LogP contribution in [-0.4, -0.2) is 37.0 Å². The van der Waals surface area contributed by atoms with E-state index >= 15 is 0 Å². The Labute approximate surface area is 132 Å². The lowest BCUT2D eigenvalue weighted by Gasteiger charge is -2.26. The fourth-order valence-corrected chi connectivity index (χ4v) is 4.15. The highest BCUT2D eigenvalue weighted by Crippen LogP contribution is 2.33. The Bertz CT molecular complexity index is 691. The van der Waals surface area contributed by atoms with Crippen LogP contribution in [0.15, 0.2) is 33.3 Å². The zero-order chi connectivity index (χ0) is 15.8. The molecule has 0 fully saturated rings. The Hall–Kier alpha value is -0.640. The van der Waals surface area contributed by atoms with Gasteiger partial charge in [-0.3, -0.25) is 0 Å². The van der Waals surface area contributed by atoms with Crippen molar-refractivity contribution in [3.8, 4) is 0 Å². The average Bonchev–Trinajstić information content (AvgIpc) is 2.40. The molecule has 0 unspecified atom stereocenters. The third kappa shape index (κ3) is 3.58. The molecule has 0 spiro atoms. The van der Waals surface area contributed by atoms with Gasteiger partial charge in [-0.25, -0.2) is 13.4 Å². The summed E-state index contributed by atoms with van der Waals surface area (Å²) in [5.41, 5.74) is -0.715. The van der Waals surface area contributed by atoms with Crippen LogP contribution in [0.4, 0.5) is 13.2 Å². The first kappa shape index (κ1) is 16.7. The minimum absolute atomic E-state index is 0.219. The normalized spacial score (nSPS) is 17.7. The molecule has 0 aliphatic carbocycles. The number of nitrogens with zero attached hydrogens (tertiary/aromatic N) is 2. The van der Waals surface area contributed by atoms with Crippen LogP contribution in [0.1, 0.15) is 6.42 Å². The number of halogens is 5. The van der Waals surface area contributed by atoms with Crippen LogP contribution in [0, 0.1) is 0 Å². The number of hydrogen-bond acceptors (Lipinski definition) is 3. The molecule has 4 nitrogen and oxygen atoms in total. The molecular formula is C11H9BrClF3N2O2S. The van der Waals surface area contributed by atoms with Crippen LogP contribution in [0.3, 0.4) is 0 Å². The van der Waals surface area contributed by atoms with Crippen molar-refractivity contribution in [2.45, 2.75) is 17.5 Å². The van der Waals surface area contributed by atoms with E-state index in [0.717, 1.165) is 10.4 Å². The van der Waals surface area contributed by atoms with E-state index in [1.54, 1.807) is 0 Å². The van der Waals surface area contributed by atoms with Gasteiger partial charge in [0.15, 0.2) is 0 Å². The van der Waals surface area contributed by atoms with Crippen molar-refractivity contribution >= 4 is 37.6 Å². The highest BCUT2D eigenvalue weighted by atomic mass is 79.9. The van der Waals surface area contributed by atoms with Crippen molar-refractivity contribution in [2.24, 2.45) is 0 Å². The lowest BCUT2D eigenvalue weighted by molar-refractivity contribution is -0.0953. The van der Waals surface area contributed by atoms with Gasteiger partial charge in [0, 0.05) is 29.3 Å². The van der Waals surface area contributed by atoms with Crippen molar-refractivity contribution < 1.29 is 21.6 Å². The zero-order valence-corrected chi connectivity index (χ0v) is 13.5. The molecule has 116 valence electrons. The van der Waals surface area contributed by atoms with E-state index in [0.29, 0.717) is 4.47 Å². The second kappa shape index (κ2) is 5.86. The summed E-state index contributed by atoms with van der Waals surface area (Å²) in [6.07, 6.45) is -2.60. The standard InChI is InChI=1S/C11H9BrClF3N2O2S/c12-8-5-9(10(13)17-6-8)21(19,20)18-3-1-7(2-4-18)11(14,15)16/h1,5-6H,2-4H2. The molecule has 1 aliphatic heterocycles. The summed E-state index contributed by atoms with van der Waals surface area (Å²) < 4.78 is 63.7. The van der Waals surface area contributed by atoms with Crippen LogP contribution in [0.25, 0.3) is 0 Å². The average molecular weight is 406 g/mol. The van der Waals surface area contributed by atoms with Gasteiger partial charge in [0.05, 0.1) is 0 Å². The van der Waals surface area contributed by atoms with E-state index in [-0.39, 0.29) is 29.6 Å². The van der Waals surface area contributed by atoms with Gasteiger partial charge in [0.1, 0.15) is 10.0 Å². The van der Waals surface area contributed by atoms with Crippen LogP contribution in [0.5, 0.6) is 0 Å². The van der Waals surface area contributed by atoms with Crippen LogP contribution >= 0.6 is 27.5 Å². The molecule has 0 amide bonds. The van der Waals surface area contributed by atoms with E-state index in [4.69, 9.17) is 11.6 Å². The maximum atomic E-state index is 12.5. The molecular weight excluding hydrogens is 397 g/mol. The Balaban J connectivity index is 2.31. The van der Waals surface area contributed by atoms with Gasteiger partial charge in [-0.05, 0) is 28.4 Å². The number of aromatic nitrogens is 1. The predicted octanol–water partition coefficient (Wildman–Crippen LogP) is 3.38. The summed E-state index contributed by atoms with van der Waals surface area (Å²) in [6, 6.07) is 1.27. The molecule has 0 bridgehead atoms. The maximum Gasteiger partial charge on any atom is 0.412 e. The van der Waals surface area contributed by atoms with Crippen molar-refractivity contribution in [3.63, 3.8) is 0 Å². The molecule has 21 heavy (non-hydrogen) atoms. The zero-order valence-electron chi connectivity index (χ0n) is 10.4. The summed E-state index contributed by atoms with van der Waals surface area (Å²) >= 11 is 8.85. The quantitative estimate of drug-likeness (QED) is 0.560. The van der Waals surface area contributed by atoms with Gasteiger partial charge in [0.2, 0.25) is 10.0 Å². The van der Waals surface area contributed by atoms with Gasteiger partial charge in [-0.2, -0.15) is 17.5 Å². The Morgan fingerprint density at radius 3 is 2.57 bits per heavy atom. The first-order valence-corrected chi connectivity index (χ1v) is 8.31. The lowest BCUT2D eigenvalue weighted by atomic mass is 10.1. The summed E-state index contributed by atoms with van der Waals surface area (Å²) in [7, 11) is -3.99. The topological polar surface area (TPSA) is 50.3 Å². The molecule has 1 aliphatic rings. The molecule has 2 heterocycles. The molecule has 0 saturated heterocycles. The number of sulfonamides is 1. The van der Waals surface area contributed by atoms with Crippen molar-refractivity contribution in [1.29, 1.82) is 0 Å². The first-order chi connectivity index (χ1) is 9.62. The highest BCUT2D eigenvalue weighted by Gasteiger charge is 2.37. The third-order valence-corrected chi connectivity index (χ3v) is 5.65. The van der Waals surface area contributed by atoms with Crippen molar-refractivity contribution in [2.75, 3.05) is 13.1 Å². The summed E-state index contributed by atoms with van der Waals surface area (Å²) in [5.74, 6) is 0. The minimum Gasteiger partial charge on any atom is -0.242 e. The van der Waals surface area contributed by atoms with E-state index < -0.39 is 21.8 Å². The van der Waals surface area contributed by atoms with Crippen molar-refractivity contribution in [3.05, 3.63) is 33.5 Å². The molecule has 0 radical (unpaired) electrons. The van der Waals surface area contributed by atoms with Gasteiger partial charge in [0.25, 0.3) is 0 Å². The molecule has 10 heteroatoms. The van der Waals surface area contributed by atoms with Gasteiger partial charge < -0.3 is 0 Å². The lowest BCUT2D eigenvalue weighted by Crippen LogP contribution is -2.37. The second-order valence-electron chi connectivity index (χ2n) is 4.28. The Morgan fingerprint density at radius 1 is 1.38 bits per heavy atom. The molecule has 0 saturated carbocycles. The largest absolute Gasteiger partial charge is 0.412 e. The molecule has 2 rings (SSSR count). The van der Waals surface area contributed by atoms with Crippen LogP contribution in [-0.2, 0) is 10.0 Å². The van der Waals surface area contributed by atoms with Gasteiger partial charge >= 0.3 is 6.18 Å². The third-order valence-electron chi connectivity index (χ3n) is 2.93. The van der Waals surface area contributed by atoms with E-state index in [2.05, 4.69) is 20.9 Å². The molecule has 1 aromatic heterocycles. The van der Waals surface area contributed by atoms with Gasteiger partial charge in [-0.1, -0.05) is 17.7 Å². The highest BCUT2D eigenvalue weighted by molar-refractivity contribution is 9.10. The van der Waals surface area contributed by atoms with Crippen molar-refractivity contribution in [1.82, 2.24) is 9.29 Å². The number of pyridine rings is 1. The molecule has 1 aromatic rings. The predicted molar refractivity (Wildman–Crippen MR) is 74.5 cm³/mol. The molecule has 0 N–H and O–H groups in total. The second-order valence-corrected chi connectivity index (χ2v) is 7.46. The maximum absolute atomic E-state index is 12.5. The fourth-order valence-electron chi connectivity index (χ4n) is 1.85. The van der Waals surface area contributed by atoms with E-state index in [9.17, 15) is 21.6 Å². The number of alkyl halides is 3. The van der Waals surface area contributed by atoms with Crippen LogP contribution in [0.2, 0.25) is 5.15 Å². The minimum atomic E-state index is -4.43. The summed E-state index contributed by atoms with van der Waals surface area (Å²) in [4.78, 5) is 3.48.